The molecule has 0 amide bonds. The Kier molecular flexibility index (Phi) is 3.48. The van der Waals surface area contributed by atoms with Crippen LogP contribution in [-0.2, 0) is 16.6 Å². The van der Waals surface area contributed by atoms with Crippen LogP contribution in [0, 0.1) is 0 Å². The van der Waals surface area contributed by atoms with Crippen LogP contribution in [0.4, 0.5) is 0 Å². The molecule has 1 heteroatoms. The minimum absolute atomic E-state index is 0.803. The Balaban J connectivity index is 2.29. The van der Waals surface area contributed by atoms with Crippen molar-refractivity contribution in [2.75, 3.05) is 0 Å². The summed E-state index contributed by atoms with van der Waals surface area (Å²) in [6.45, 7) is 4.81. The first-order chi connectivity index (χ1) is 7.33. The van der Waals surface area contributed by atoms with Gasteiger partial charge in [-0.05, 0) is 0 Å². The normalized spacial score (nSPS) is 20.9. The fourth-order valence-electron chi connectivity index (χ4n) is 3.05. The van der Waals surface area contributed by atoms with Crippen molar-refractivity contribution in [2.24, 2.45) is 0 Å². The molecule has 0 spiro atoms. The van der Waals surface area contributed by atoms with Crippen LogP contribution in [0.25, 0.3) is 0 Å². The molecule has 0 N–H and O–H groups in total. The van der Waals surface area contributed by atoms with Crippen LogP contribution in [0.15, 0.2) is 48.6 Å². The SMILES string of the molecule is C[CH2][Ti]([CH2]C)([CH]1C=CC=C1)[CH]1C=CC=C1. The molecule has 2 aliphatic carbocycles. The first kappa shape index (κ1) is 11.2. The van der Waals surface area contributed by atoms with E-state index in [1.807, 2.05) is 0 Å². The number of rotatable bonds is 4. The summed E-state index contributed by atoms with van der Waals surface area (Å²) in [6.07, 6.45) is 18.7. The molecular weight excluding hydrogens is 216 g/mol. The summed E-state index contributed by atoms with van der Waals surface area (Å²) in [5.74, 6) is 0. The summed E-state index contributed by atoms with van der Waals surface area (Å²) in [4.78, 5) is 0. The Labute approximate surface area is 96.8 Å². The monoisotopic (exact) mass is 236 g/mol. The van der Waals surface area contributed by atoms with Gasteiger partial charge in [0.25, 0.3) is 0 Å². The van der Waals surface area contributed by atoms with Crippen molar-refractivity contribution >= 4 is 0 Å². The average Bonchev–Trinajstić information content (AvgIpc) is 2.92. The third kappa shape index (κ3) is 1.86. The number of hydrogen-bond donors (Lipinski definition) is 0. The van der Waals surface area contributed by atoms with Gasteiger partial charge < -0.3 is 0 Å². The Hall–Kier alpha value is -0.326. The number of allylic oxidation sites excluding steroid dienone is 8. The second-order valence-corrected chi connectivity index (χ2v) is 12.7. The van der Waals surface area contributed by atoms with E-state index in [0.29, 0.717) is 0 Å². The van der Waals surface area contributed by atoms with Crippen LogP contribution in [0.3, 0.4) is 0 Å². The summed E-state index contributed by atoms with van der Waals surface area (Å²) in [6, 6.07) is 0. The molecule has 0 bridgehead atoms. The van der Waals surface area contributed by atoms with E-state index >= 15 is 0 Å². The van der Waals surface area contributed by atoms with Crippen molar-refractivity contribution in [3.05, 3.63) is 48.6 Å². The Morgan fingerprint density at radius 3 is 1.33 bits per heavy atom. The van der Waals surface area contributed by atoms with Crippen molar-refractivity contribution in [1.29, 1.82) is 0 Å². The molecule has 2 rings (SSSR count). The third-order valence-electron chi connectivity index (χ3n) is 4.14. The molecule has 0 aromatic rings. The van der Waals surface area contributed by atoms with Gasteiger partial charge in [0.15, 0.2) is 0 Å². The fraction of sp³-hybridized carbons (Fsp3) is 0.429. The van der Waals surface area contributed by atoms with Gasteiger partial charge in [0.1, 0.15) is 0 Å². The molecule has 0 saturated carbocycles. The molecule has 15 heavy (non-hydrogen) atoms. The summed E-state index contributed by atoms with van der Waals surface area (Å²) in [7, 11) is 0. The molecule has 0 unspecified atom stereocenters. The molecule has 0 atom stereocenters. The van der Waals surface area contributed by atoms with Crippen LogP contribution in [0.2, 0.25) is 17.9 Å². The van der Waals surface area contributed by atoms with Gasteiger partial charge in [-0.15, -0.1) is 0 Å². The maximum absolute atomic E-state index is 2.44. The van der Waals surface area contributed by atoms with Gasteiger partial charge in [-0.2, -0.15) is 0 Å². The van der Waals surface area contributed by atoms with Crippen LogP contribution in [-0.4, -0.2) is 0 Å². The zero-order valence-electron chi connectivity index (χ0n) is 9.69. The predicted molar refractivity (Wildman–Crippen MR) is 65.0 cm³/mol. The molecule has 0 aromatic carbocycles. The first-order valence-corrected chi connectivity index (χ1v) is 10.0. The summed E-state index contributed by atoms with van der Waals surface area (Å²) in [5, 5.41) is 0. The van der Waals surface area contributed by atoms with E-state index in [0.717, 1.165) is 8.45 Å². The summed E-state index contributed by atoms with van der Waals surface area (Å²) >= 11 is -1.79. The van der Waals surface area contributed by atoms with Gasteiger partial charge in [0.05, 0.1) is 0 Å². The second kappa shape index (κ2) is 4.68. The van der Waals surface area contributed by atoms with E-state index in [1.54, 1.807) is 0 Å². The van der Waals surface area contributed by atoms with E-state index in [-0.39, 0.29) is 0 Å². The van der Waals surface area contributed by atoms with Gasteiger partial charge in [0.2, 0.25) is 0 Å². The number of hydrogen-bond acceptors (Lipinski definition) is 0. The van der Waals surface area contributed by atoms with Crippen molar-refractivity contribution < 1.29 is 16.6 Å². The Morgan fingerprint density at radius 1 is 0.733 bits per heavy atom. The van der Waals surface area contributed by atoms with Crippen molar-refractivity contribution in [3.8, 4) is 0 Å². The third-order valence-corrected chi connectivity index (χ3v) is 13.6. The van der Waals surface area contributed by atoms with Crippen LogP contribution < -0.4 is 0 Å². The van der Waals surface area contributed by atoms with Gasteiger partial charge >= 0.3 is 96.9 Å². The molecule has 0 heterocycles. The molecular formula is C14H20Ti. The first-order valence-electron chi connectivity index (χ1n) is 6.03. The molecule has 0 saturated heterocycles. The Morgan fingerprint density at radius 2 is 1.07 bits per heavy atom. The van der Waals surface area contributed by atoms with E-state index in [9.17, 15) is 0 Å². The van der Waals surface area contributed by atoms with Gasteiger partial charge in [-0.3, -0.25) is 0 Å². The molecule has 2 aliphatic rings. The van der Waals surface area contributed by atoms with Gasteiger partial charge in [-0.1, -0.05) is 0 Å². The van der Waals surface area contributed by atoms with E-state index in [4.69, 9.17) is 0 Å². The van der Waals surface area contributed by atoms with E-state index in [2.05, 4.69) is 62.5 Å². The van der Waals surface area contributed by atoms with Crippen LogP contribution >= 0.6 is 0 Å². The van der Waals surface area contributed by atoms with Crippen LogP contribution in [0.5, 0.6) is 0 Å². The zero-order valence-corrected chi connectivity index (χ0v) is 11.2. The topological polar surface area (TPSA) is 0 Å². The van der Waals surface area contributed by atoms with Crippen molar-refractivity contribution in [2.45, 2.75) is 31.7 Å². The summed E-state index contributed by atoms with van der Waals surface area (Å²) in [5.41, 5.74) is 0. The Bertz CT molecular complexity index is 275. The van der Waals surface area contributed by atoms with Crippen molar-refractivity contribution in [1.82, 2.24) is 0 Å². The van der Waals surface area contributed by atoms with E-state index < -0.39 is 16.6 Å². The maximum atomic E-state index is 2.44. The molecule has 0 radical (unpaired) electrons. The van der Waals surface area contributed by atoms with Gasteiger partial charge in [-0.25, -0.2) is 0 Å². The van der Waals surface area contributed by atoms with Crippen molar-refractivity contribution in [3.63, 3.8) is 0 Å². The minimum atomic E-state index is -1.79. The van der Waals surface area contributed by atoms with Gasteiger partial charge in [0, 0.05) is 0 Å². The molecule has 0 aliphatic heterocycles. The predicted octanol–water partition coefficient (Wildman–Crippen LogP) is 4.85. The quantitative estimate of drug-likeness (QED) is 0.612. The molecule has 0 fully saturated rings. The van der Waals surface area contributed by atoms with Crippen LogP contribution in [0.1, 0.15) is 13.8 Å². The standard InChI is InChI=1S/2C5H5.2C2H5.Ti/c2*1-2-4-5-3-1;2*1-2;/h2*1-5H;2*1H2,2H3;. The molecule has 80 valence electrons. The summed E-state index contributed by atoms with van der Waals surface area (Å²) < 4.78 is 4.46. The second-order valence-electron chi connectivity index (χ2n) is 4.53. The zero-order chi connectivity index (χ0) is 10.7. The molecule has 0 aromatic heterocycles. The van der Waals surface area contributed by atoms with E-state index in [1.165, 1.54) is 9.45 Å². The molecule has 0 nitrogen and oxygen atoms in total. The fourth-order valence-corrected chi connectivity index (χ4v) is 10.6. The average molecular weight is 236 g/mol.